The Morgan fingerprint density at radius 1 is 1.14 bits per heavy atom. The van der Waals surface area contributed by atoms with E-state index in [4.69, 9.17) is 0 Å². The van der Waals surface area contributed by atoms with Crippen molar-refractivity contribution in [2.75, 3.05) is 14.1 Å². The summed E-state index contributed by atoms with van der Waals surface area (Å²) in [5.41, 5.74) is 1.17. The van der Waals surface area contributed by atoms with Gasteiger partial charge in [-0.3, -0.25) is 4.79 Å². The van der Waals surface area contributed by atoms with E-state index in [1.54, 1.807) is 11.3 Å². The van der Waals surface area contributed by atoms with Gasteiger partial charge in [0.1, 0.15) is 0 Å². The summed E-state index contributed by atoms with van der Waals surface area (Å²) in [6, 6.07) is 14.5. The molecule has 0 radical (unpaired) electrons. The van der Waals surface area contributed by atoms with Crippen molar-refractivity contribution < 1.29 is 4.79 Å². The molecule has 1 aromatic heterocycles. The third kappa shape index (κ3) is 4.68. The monoisotopic (exact) mass is 316 g/mol. The van der Waals surface area contributed by atoms with Crippen molar-refractivity contribution >= 4 is 17.2 Å². The van der Waals surface area contributed by atoms with Crippen LogP contribution < -0.4 is 5.32 Å². The molecule has 0 saturated heterocycles. The van der Waals surface area contributed by atoms with Crippen LogP contribution in [0.25, 0.3) is 0 Å². The Hall–Kier alpha value is -1.65. The van der Waals surface area contributed by atoms with Gasteiger partial charge in [0.15, 0.2) is 0 Å². The number of benzene rings is 1. The number of hydrogen-bond donors (Lipinski definition) is 1. The lowest BCUT2D eigenvalue weighted by Gasteiger charge is -2.24. The van der Waals surface area contributed by atoms with E-state index in [2.05, 4.69) is 41.4 Å². The lowest BCUT2D eigenvalue weighted by molar-refractivity contribution is -0.122. The molecule has 22 heavy (non-hydrogen) atoms. The highest BCUT2D eigenvalue weighted by atomic mass is 32.1. The molecule has 1 unspecified atom stereocenters. The number of rotatable bonds is 7. The van der Waals surface area contributed by atoms with Gasteiger partial charge >= 0.3 is 0 Å². The summed E-state index contributed by atoms with van der Waals surface area (Å²) in [5.74, 6) is 0.0917. The lowest BCUT2D eigenvalue weighted by atomic mass is 10.0. The Labute approximate surface area is 137 Å². The number of hydrogen-bond acceptors (Lipinski definition) is 3. The number of carbonyl (C=O) groups is 1. The number of thiophene rings is 1. The summed E-state index contributed by atoms with van der Waals surface area (Å²) >= 11 is 1.77. The predicted octanol–water partition coefficient (Wildman–Crippen LogP) is 3.62. The zero-order valence-electron chi connectivity index (χ0n) is 13.5. The SMILES string of the molecule is CCc1ccc(CNC(=O)CC(c2ccccc2)N(C)C)s1. The normalized spacial score (nSPS) is 12.4. The van der Waals surface area contributed by atoms with E-state index in [1.165, 1.54) is 15.3 Å². The van der Waals surface area contributed by atoms with E-state index in [0.29, 0.717) is 13.0 Å². The lowest BCUT2D eigenvalue weighted by Crippen LogP contribution is -2.29. The summed E-state index contributed by atoms with van der Waals surface area (Å²) in [6.07, 6.45) is 1.53. The summed E-state index contributed by atoms with van der Waals surface area (Å²) < 4.78 is 0. The minimum absolute atomic E-state index is 0.0917. The van der Waals surface area contributed by atoms with E-state index in [1.807, 2.05) is 32.3 Å². The molecule has 1 aromatic carbocycles. The molecular weight excluding hydrogens is 292 g/mol. The Morgan fingerprint density at radius 3 is 2.41 bits per heavy atom. The van der Waals surface area contributed by atoms with Gasteiger partial charge in [0.05, 0.1) is 6.54 Å². The fourth-order valence-corrected chi connectivity index (χ4v) is 3.31. The van der Waals surface area contributed by atoms with Gasteiger partial charge in [0.2, 0.25) is 5.91 Å². The standard InChI is InChI=1S/C18H24N2OS/c1-4-15-10-11-16(22-15)13-19-18(21)12-17(20(2)3)14-8-6-5-7-9-14/h5-11,17H,4,12-13H2,1-3H3,(H,19,21). The van der Waals surface area contributed by atoms with Crippen LogP contribution in [0.2, 0.25) is 0 Å². The van der Waals surface area contributed by atoms with Gasteiger partial charge in [-0.25, -0.2) is 0 Å². The van der Waals surface area contributed by atoms with E-state index in [9.17, 15) is 4.79 Å². The van der Waals surface area contributed by atoms with Gasteiger partial charge < -0.3 is 10.2 Å². The van der Waals surface area contributed by atoms with Crippen molar-refractivity contribution in [2.24, 2.45) is 0 Å². The maximum absolute atomic E-state index is 12.2. The topological polar surface area (TPSA) is 32.3 Å². The van der Waals surface area contributed by atoms with E-state index < -0.39 is 0 Å². The number of carbonyl (C=O) groups excluding carboxylic acids is 1. The second kappa shape index (κ2) is 8.11. The zero-order chi connectivity index (χ0) is 15.9. The van der Waals surface area contributed by atoms with E-state index >= 15 is 0 Å². The highest BCUT2D eigenvalue weighted by Gasteiger charge is 2.17. The third-order valence-electron chi connectivity index (χ3n) is 3.71. The second-order valence-electron chi connectivity index (χ2n) is 5.59. The number of aryl methyl sites for hydroxylation is 1. The average molecular weight is 316 g/mol. The highest BCUT2D eigenvalue weighted by Crippen LogP contribution is 2.22. The van der Waals surface area contributed by atoms with Crippen LogP contribution in [-0.2, 0) is 17.8 Å². The van der Waals surface area contributed by atoms with E-state index in [-0.39, 0.29) is 11.9 Å². The van der Waals surface area contributed by atoms with Crippen LogP contribution in [-0.4, -0.2) is 24.9 Å². The number of nitrogens with zero attached hydrogens (tertiary/aromatic N) is 1. The van der Waals surface area contributed by atoms with Crippen molar-refractivity contribution in [1.82, 2.24) is 10.2 Å². The third-order valence-corrected chi connectivity index (χ3v) is 4.94. The molecule has 1 N–H and O–H groups in total. The van der Waals surface area contributed by atoms with Crippen LogP contribution in [0.4, 0.5) is 0 Å². The Balaban J connectivity index is 1.91. The molecule has 118 valence electrons. The van der Waals surface area contributed by atoms with Crippen molar-refractivity contribution in [1.29, 1.82) is 0 Å². The molecule has 1 amide bonds. The van der Waals surface area contributed by atoms with Crippen molar-refractivity contribution in [2.45, 2.75) is 32.4 Å². The van der Waals surface area contributed by atoms with Crippen molar-refractivity contribution in [3.63, 3.8) is 0 Å². The van der Waals surface area contributed by atoms with Crippen LogP contribution in [0.3, 0.4) is 0 Å². The zero-order valence-corrected chi connectivity index (χ0v) is 14.3. The molecular formula is C18H24N2OS. The summed E-state index contributed by atoms with van der Waals surface area (Å²) in [6.45, 7) is 2.77. The molecule has 0 bridgehead atoms. The Bertz CT molecular complexity index is 592. The molecule has 4 heteroatoms. The molecule has 0 aliphatic carbocycles. The second-order valence-corrected chi connectivity index (χ2v) is 6.85. The maximum atomic E-state index is 12.2. The molecule has 0 fully saturated rings. The minimum Gasteiger partial charge on any atom is -0.351 e. The molecule has 1 heterocycles. The van der Waals surface area contributed by atoms with Gasteiger partial charge in [-0.1, -0.05) is 37.3 Å². The fourth-order valence-electron chi connectivity index (χ4n) is 2.41. The van der Waals surface area contributed by atoms with Crippen LogP contribution in [0.15, 0.2) is 42.5 Å². The first-order chi connectivity index (χ1) is 10.6. The minimum atomic E-state index is 0.0917. The molecule has 0 saturated carbocycles. The predicted molar refractivity (Wildman–Crippen MR) is 93.0 cm³/mol. The molecule has 0 aliphatic heterocycles. The van der Waals surface area contributed by atoms with Gasteiger partial charge in [0, 0.05) is 22.2 Å². The summed E-state index contributed by atoms with van der Waals surface area (Å²) in [5, 5.41) is 3.04. The van der Waals surface area contributed by atoms with Crippen LogP contribution in [0.5, 0.6) is 0 Å². The largest absolute Gasteiger partial charge is 0.351 e. The van der Waals surface area contributed by atoms with Gasteiger partial charge in [-0.05, 0) is 38.2 Å². The molecule has 2 rings (SSSR count). The van der Waals surface area contributed by atoms with Gasteiger partial charge in [-0.2, -0.15) is 0 Å². The molecule has 0 aliphatic rings. The smallest absolute Gasteiger partial charge is 0.222 e. The number of nitrogens with one attached hydrogen (secondary N) is 1. The van der Waals surface area contributed by atoms with Gasteiger partial charge in [0.25, 0.3) is 0 Å². The van der Waals surface area contributed by atoms with Crippen LogP contribution >= 0.6 is 11.3 Å². The van der Waals surface area contributed by atoms with Gasteiger partial charge in [-0.15, -0.1) is 11.3 Å². The first-order valence-electron chi connectivity index (χ1n) is 7.65. The summed E-state index contributed by atoms with van der Waals surface area (Å²) in [7, 11) is 4.02. The Kier molecular flexibility index (Phi) is 6.16. The first kappa shape index (κ1) is 16.7. The fraction of sp³-hybridized carbons (Fsp3) is 0.389. The van der Waals surface area contributed by atoms with Crippen LogP contribution in [0, 0.1) is 0 Å². The maximum Gasteiger partial charge on any atom is 0.222 e. The van der Waals surface area contributed by atoms with E-state index in [0.717, 1.165) is 6.42 Å². The molecule has 3 nitrogen and oxygen atoms in total. The van der Waals surface area contributed by atoms with Crippen LogP contribution in [0.1, 0.15) is 34.7 Å². The molecule has 1 atom stereocenters. The quantitative estimate of drug-likeness (QED) is 0.846. The number of amides is 1. The first-order valence-corrected chi connectivity index (χ1v) is 8.47. The molecule has 2 aromatic rings. The Morgan fingerprint density at radius 2 is 1.82 bits per heavy atom. The average Bonchev–Trinajstić information content (AvgIpc) is 2.99. The molecule has 0 spiro atoms. The summed E-state index contributed by atoms with van der Waals surface area (Å²) in [4.78, 5) is 16.9. The van der Waals surface area contributed by atoms with Crippen molar-refractivity contribution in [3.8, 4) is 0 Å². The highest BCUT2D eigenvalue weighted by molar-refractivity contribution is 7.11. The van der Waals surface area contributed by atoms with Crippen molar-refractivity contribution in [3.05, 3.63) is 57.8 Å².